The van der Waals surface area contributed by atoms with Crippen LogP contribution in [-0.4, -0.2) is 36.5 Å². The zero-order valence-corrected chi connectivity index (χ0v) is 12.2. The summed E-state index contributed by atoms with van der Waals surface area (Å²) in [5, 5.41) is 6.35. The molecule has 0 spiro atoms. The Morgan fingerprint density at radius 3 is 2.35 bits per heavy atom. The van der Waals surface area contributed by atoms with E-state index in [0.29, 0.717) is 23.8 Å². The average Bonchev–Trinajstić information content (AvgIpc) is 2.24. The number of nitrogens with two attached hydrogens (primary N) is 1. The summed E-state index contributed by atoms with van der Waals surface area (Å²) in [7, 11) is -4.67. The molecular formula is C10H16ClN3O5S. The summed E-state index contributed by atoms with van der Waals surface area (Å²) in [6.45, 7) is 2.68. The number of amides is 1. The van der Waals surface area contributed by atoms with Crippen LogP contribution in [0.4, 0.5) is 11.4 Å². The van der Waals surface area contributed by atoms with Crippen molar-refractivity contribution in [3.63, 3.8) is 0 Å². The molecule has 0 aliphatic heterocycles. The number of hydrogen-bond donors (Lipinski definition) is 5. The van der Waals surface area contributed by atoms with E-state index in [9.17, 15) is 4.79 Å². The van der Waals surface area contributed by atoms with Crippen molar-refractivity contribution in [1.82, 2.24) is 5.32 Å². The monoisotopic (exact) mass is 325 g/mol. The van der Waals surface area contributed by atoms with Gasteiger partial charge in [0.15, 0.2) is 0 Å². The second-order valence-corrected chi connectivity index (χ2v) is 4.90. The average molecular weight is 326 g/mol. The third-order valence-electron chi connectivity index (χ3n) is 1.81. The van der Waals surface area contributed by atoms with E-state index in [1.807, 2.05) is 6.07 Å². The highest BCUT2D eigenvalue weighted by Gasteiger charge is 1.99. The minimum atomic E-state index is -4.67. The molecule has 0 unspecified atom stereocenters. The highest BCUT2D eigenvalue weighted by atomic mass is 35.5. The lowest BCUT2D eigenvalue weighted by Crippen LogP contribution is -2.26. The van der Waals surface area contributed by atoms with Crippen molar-refractivity contribution < 1.29 is 22.3 Å². The number of carbonyl (C=O) groups is 1. The summed E-state index contributed by atoms with van der Waals surface area (Å²) in [4.78, 5) is 10.6. The van der Waals surface area contributed by atoms with Crippen molar-refractivity contribution in [2.24, 2.45) is 0 Å². The first-order chi connectivity index (χ1) is 9.09. The predicted octanol–water partition coefficient (Wildman–Crippen LogP) is 0.817. The Labute approximate surface area is 121 Å². The molecule has 0 heterocycles. The number of hydrogen-bond acceptors (Lipinski definition) is 5. The summed E-state index contributed by atoms with van der Waals surface area (Å²) >= 11 is 5.94. The lowest BCUT2D eigenvalue weighted by Gasteiger charge is -2.08. The maximum atomic E-state index is 10.6. The quantitative estimate of drug-likeness (QED) is 0.313. The van der Waals surface area contributed by atoms with Gasteiger partial charge in [-0.1, -0.05) is 11.6 Å². The van der Waals surface area contributed by atoms with Crippen molar-refractivity contribution in [1.29, 1.82) is 0 Å². The number of nitrogens with one attached hydrogen (secondary N) is 2. The van der Waals surface area contributed by atoms with Gasteiger partial charge in [0, 0.05) is 25.7 Å². The molecule has 1 amide bonds. The fourth-order valence-corrected chi connectivity index (χ4v) is 1.37. The van der Waals surface area contributed by atoms with Crippen LogP contribution in [0.1, 0.15) is 6.92 Å². The molecule has 0 saturated heterocycles. The van der Waals surface area contributed by atoms with Crippen molar-refractivity contribution in [2.75, 3.05) is 24.1 Å². The molecule has 10 heteroatoms. The molecule has 1 aromatic rings. The maximum Gasteiger partial charge on any atom is 0.394 e. The van der Waals surface area contributed by atoms with Crippen LogP contribution >= 0.6 is 11.6 Å². The fraction of sp³-hybridized carbons (Fsp3) is 0.300. The standard InChI is InChI=1S/C10H14ClN3O.H2O4S/c1-7(15)13-4-5-14-10-3-2-8(12)6-9(10)11;1-5(2,3)4/h2-3,6,14H,4-5,12H2,1H3,(H,13,15);(H2,1,2,3,4). The van der Waals surface area contributed by atoms with Crippen LogP contribution < -0.4 is 16.4 Å². The normalized spacial score (nSPS) is 10.2. The molecule has 1 aromatic carbocycles. The molecule has 0 aromatic heterocycles. The van der Waals surface area contributed by atoms with Gasteiger partial charge in [0.25, 0.3) is 0 Å². The lowest BCUT2D eigenvalue weighted by atomic mass is 10.3. The fourth-order valence-electron chi connectivity index (χ4n) is 1.11. The van der Waals surface area contributed by atoms with Crippen molar-refractivity contribution in [3.8, 4) is 0 Å². The van der Waals surface area contributed by atoms with E-state index in [0.717, 1.165) is 5.69 Å². The molecule has 0 aliphatic rings. The molecule has 8 nitrogen and oxygen atoms in total. The number of rotatable bonds is 4. The highest BCUT2D eigenvalue weighted by molar-refractivity contribution is 7.79. The van der Waals surface area contributed by atoms with E-state index in [4.69, 9.17) is 34.9 Å². The molecule has 6 N–H and O–H groups in total. The molecule has 0 fully saturated rings. The smallest absolute Gasteiger partial charge is 0.394 e. The molecule has 0 radical (unpaired) electrons. The van der Waals surface area contributed by atoms with Gasteiger partial charge in [-0.3, -0.25) is 13.9 Å². The first-order valence-corrected chi connectivity index (χ1v) is 7.10. The topological polar surface area (TPSA) is 142 Å². The van der Waals surface area contributed by atoms with Gasteiger partial charge >= 0.3 is 10.4 Å². The van der Waals surface area contributed by atoms with Crippen LogP contribution in [0.3, 0.4) is 0 Å². The second-order valence-electron chi connectivity index (χ2n) is 3.60. The molecule has 0 aliphatic carbocycles. The number of benzene rings is 1. The van der Waals surface area contributed by atoms with Crippen LogP contribution in [0.15, 0.2) is 18.2 Å². The third-order valence-corrected chi connectivity index (χ3v) is 2.12. The van der Waals surface area contributed by atoms with Gasteiger partial charge in [-0.05, 0) is 18.2 Å². The second kappa shape index (κ2) is 8.59. The minimum absolute atomic E-state index is 0.0415. The number of halogens is 1. The Bertz CT molecular complexity index is 542. The Hall–Kier alpha value is -1.55. The number of anilines is 2. The van der Waals surface area contributed by atoms with Crippen molar-refractivity contribution >= 4 is 39.3 Å². The molecule has 0 bridgehead atoms. The summed E-state index contributed by atoms with van der Waals surface area (Å²) in [5.74, 6) is -0.0415. The van der Waals surface area contributed by atoms with E-state index in [1.165, 1.54) is 6.92 Å². The lowest BCUT2D eigenvalue weighted by molar-refractivity contribution is -0.118. The van der Waals surface area contributed by atoms with Gasteiger partial charge in [-0.25, -0.2) is 0 Å². The zero-order chi connectivity index (χ0) is 15.8. The maximum absolute atomic E-state index is 10.6. The SMILES string of the molecule is CC(=O)NCCNc1ccc(N)cc1Cl.O=S(=O)(O)O. The van der Waals surface area contributed by atoms with Crippen LogP contribution in [0.5, 0.6) is 0 Å². The molecule has 0 atom stereocenters. The molecule has 0 saturated carbocycles. The van der Waals surface area contributed by atoms with E-state index >= 15 is 0 Å². The summed E-state index contributed by atoms with van der Waals surface area (Å²) < 4.78 is 31.6. The van der Waals surface area contributed by atoms with Crippen LogP contribution in [0, 0.1) is 0 Å². The summed E-state index contributed by atoms with van der Waals surface area (Å²) in [5.41, 5.74) is 7.00. The van der Waals surface area contributed by atoms with Gasteiger partial charge in [-0.2, -0.15) is 8.42 Å². The first-order valence-electron chi connectivity index (χ1n) is 5.33. The number of nitrogen functional groups attached to an aromatic ring is 1. The third kappa shape index (κ3) is 11.5. The molecule has 114 valence electrons. The van der Waals surface area contributed by atoms with Crippen LogP contribution in [0.25, 0.3) is 0 Å². The Morgan fingerprint density at radius 2 is 1.90 bits per heavy atom. The number of carbonyl (C=O) groups excluding carboxylic acids is 1. The molecular weight excluding hydrogens is 310 g/mol. The predicted molar refractivity (Wildman–Crippen MR) is 77.2 cm³/mol. The largest absolute Gasteiger partial charge is 0.399 e. The first kappa shape index (κ1) is 18.4. The Balaban J connectivity index is 0.000000621. The zero-order valence-electron chi connectivity index (χ0n) is 10.6. The van der Waals surface area contributed by atoms with Gasteiger partial charge in [-0.15, -0.1) is 0 Å². The van der Waals surface area contributed by atoms with Gasteiger partial charge in [0.05, 0.1) is 10.7 Å². The van der Waals surface area contributed by atoms with Gasteiger partial charge in [0.2, 0.25) is 5.91 Å². The van der Waals surface area contributed by atoms with Gasteiger partial charge in [0.1, 0.15) is 0 Å². The van der Waals surface area contributed by atoms with E-state index < -0.39 is 10.4 Å². The molecule has 20 heavy (non-hydrogen) atoms. The van der Waals surface area contributed by atoms with Crippen LogP contribution in [0.2, 0.25) is 5.02 Å². The van der Waals surface area contributed by atoms with E-state index in [2.05, 4.69) is 10.6 Å². The minimum Gasteiger partial charge on any atom is -0.399 e. The summed E-state index contributed by atoms with van der Waals surface area (Å²) in [6.07, 6.45) is 0. The Morgan fingerprint density at radius 1 is 1.35 bits per heavy atom. The van der Waals surface area contributed by atoms with Crippen molar-refractivity contribution in [2.45, 2.75) is 6.92 Å². The van der Waals surface area contributed by atoms with E-state index in [1.54, 1.807) is 12.1 Å². The molecule has 1 rings (SSSR count). The van der Waals surface area contributed by atoms with E-state index in [-0.39, 0.29) is 5.91 Å². The van der Waals surface area contributed by atoms with Gasteiger partial charge < -0.3 is 16.4 Å². The highest BCUT2D eigenvalue weighted by Crippen LogP contribution is 2.23. The summed E-state index contributed by atoms with van der Waals surface area (Å²) in [6, 6.07) is 5.26. The van der Waals surface area contributed by atoms with Crippen LogP contribution in [-0.2, 0) is 15.2 Å². The Kier molecular flexibility index (Phi) is 7.92. The van der Waals surface area contributed by atoms with Crippen molar-refractivity contribution in [3.05, 3.63) is 23.2 Å².